The third-order valence-corrected chi connectivity index (χ3v) is 3.39. The van der Waals surface area contributed by atoms with Gasteiger partial charge in [-0.3, -0.25) is 9.59 Å². The Labute approximate surface area is 139 Å². The summed E-state index contributed by atoms with van der Waals surface area (Å²) in [6.45, 7) is 5.42. The number of ether oxygens (including phenoxy) is 2. The zero-order valence-electron chi connectivity index (χ0n) is 13.2. The molecule has 0 amide bonds. The summed E-state index contributed by atoms with van der Waals surface area (Å²) < 4.78 is 10.3. The normalized spacial score (nSPS) is 15.1. The Morgan fingerprint density at radius 2 is 1.29 bits per heavy atom. The van der Waals surface area contributed by atoms with E-state index < -0.39 is 28.7 Å². The smallest absolute Gasteiger partial charge is 0.321 e. The van der Waals surface area contributed by atoms with Gasteiger partial charge in [-0.1, -0.05) is 39.0 Å². The van der Waals surface area contributed by atoms with Gasteiger partial charge in [0.2, 0.25) is 6.29 Å². The van der Waals surface area contributed by atoms with E-state index >= 15 is 0 Å². The lowest BCUT2D eigenvalue weighted by molar-refractivity contribution is -0.188. The van der Waals surface area contributed by atoms with Gasteiger partial charge in [0.15, 0.2) is 0 Å². The molecule has 0 aliphatic carbocycles. The Balaban J connectivity index is 4.18. The van der Waals surface area contributed by atoms with Crippen molar-refractivity contribution < 1.29 is 19.1 Å². The summed E-state index contributed by atoms with van der Waals surface area (Å²) in [5.74, 6) is -0.956. The van der Waals surface area contributed by atoms with E-state index in [4.69, 9.17) is 9.47 Å². The van der Waals surface area contributed by atoms with Crippen LogP contribution in [-0.4, -0.2) is 28.7 Å². The molecule has 0 aliphatic heterocycles. The molecule has 0 saturated carbocycles. The summed E-state index contributed by atoms with van der Waals surface area (Å²) >= 11 is 8.03. The second-order valence-corrected chi connectivity index (χ2v) is 6.76. The molecule has 6 heteroatoms. The fraction of sp³-hybridized carbons (Fsp3) is 0.867. The van der Waals surface area contributed by atoms with Crippen molar-refractivity contribution in [3.8, 4) is 0 Å². The monoisotopic (exact) mass is 336 g/mol. The predicted molar refractivity (Wildman–Crippen MR) is 90.9 cm³/mol. The first kappa shape index (κ1) is 20.6. The minimum atomic E-state index is -0.833. The second kappa shape index (κ2) is 12.2. The molecule has 0 radical (unpaired) electrons. The second-order valence-electron chi connectivity index (χ2n) is 5.21. The maximum Gasteiger partial charge on any atom is 0.321 e. The van der Waals surface area contributed by atoms with Crippen LogP contribution in [0.25, 0.3) is 0 Å². The van der Waals surface area contributed by atoms with Gasteiger partial charge < -0.3 is 9.47 Å². The molecule has 2 unspecified atom stereocenters. The maximum atomic E-state index is 11.6. The Morgan fingerprint density at radius 1 is 0.857 bits per heavy atom. The van der Waals surface area contributed by atoms with Crippen LogP contribution in [0.3, 0.4) is 0 Å². The van der Waals surface area contributed by atoms with Gasteiger partial charge in [0, 0.05) is 6.42 Å². The van der Waals surface area contributed by atoms with Crippen LogP contribution in [0.2, 0.25) is 0 Å². The molecule has 0 spiro atoms. The first-order chi connectivity index (χ1) is 9.88. The molecule has 0 aliphatic rings. The molecule has 0 aromatic heterocycles. The standard InChI is InChI=1S/C15H28O4S2/c1-4-5-6-7-8-9-10-13(18-14(16)11(2)20)19-15(17)12(3)21/h11-13,20-21H,4-10H2,1-3H3. The molecule has 0 bridgehead atoms. The number of thiol groups is 2. The van der Waals surface area contributed by atoms with Crippen LogP contribution >= 0.6 is 25.3 Å². The number of hydrogen-bond donors (Lipinski definition) is 2. The zero-order valence-corrected chi connectivity index (χ0v) is 15.0. The Kier molecular flexibility index (Phi) is 12.0. The van der Waals surface area contributed by atoms with E-state index in [2.05, 4.69) is 32.2 Å². The first-order valence-electron chi connectivity index (χ1n) is 7.65. The molecular weight excluding hydrogens is 308 g/mol. The summed E-state index contributed by atoms with van der Waals surface area (Å²) in [5.41, 5.74) is 0. The molecule has 2 atom stereocenters. The van der Waals surface area contributed by atoms with E-state index in [9.17, 15) is 9.59 Å². The van der Waals surface area contributed by atoms with Crippen LogP contribution in [0.4, 0.5) is 0 Å². The molecule has 0 aromatic rings. The average molecular weight is 337 g/mol. The third kappa shape index (κ3) is 10.9. The topological polar surface area (TPSA) is 52.6 Å². The van der Waals surface area contributed by atoms with E-state index in [0.29, 0.717) is 6.42 Å². The lowest BCUT2D eigenvalue weighted by Crippen LogP contribution is -2.30. The largest absolute Gasteiger partial charge is 0.424 e. The van der Waals surface area contributed by atoms with Crippen molar-refractivity contribution in [2.75, 3.05) is 0 Å². The lowest BCUT2D eigenvalue weighted by Gasteiger charge is -2.20. The quantitative estimate of drug-likeness (QED) is 0.261. The maximum absolute atomic E-state index is 11.6. The van der Waals surface area contributed by atoms with E-state index in [1.807, 2.05) is 0 Å². The van der Waals surface area contributed by atoms with Crippen LogP contribution in [0.5, 0.6) is 0 Å². The molecule has 0 fully saturated rings. The molecule has 0 N–H and O–H groups in total. The van der Waals surface area contributed by atoms with Crippen molar-refractivity contribution in [3.05, 3.63) is 0 Å². The molecule has 124 valence electrons. The number of carbonyl (C=O) groups is 2. The number of unbranched alkanes of at least 4 members (excludes halogenated alkanes) is 5. The fourth-order valence-electron chi connectivity index (χ4n) is 1.69. The minimum absolute atomic E-state index is 0.478. The zero-order chi connectivity index (χ0) is 16.3. The summed E-state index contributed by atoms with van der Waals surface area (Å²) in [5, 5.41) is -1.08. The highest BCUT2D eigenvalue weighted by Gasteiger charge is 2.22. The van der Waals surface area contributed by atoms with Crippen LogP contribution in [0.15, 0.2) is 0 Å². The van der Waals surface area contributed by atoms with E-state index in [0.717, 1.165) is 19.3 Å². The van der Waals surface area contributed by atoms with E-state index in [-0.39, 0.29) is 0 Å². The van der Waals surface area contributed by atoms with Crippen LogP contribution in [0.1, 0.15) is 65.7 Å². The molecule has 0 saturated heterocycles. The summed E-state index contributed by atoms with van der Waals surface area (Å²) in [4.78, 5) is 23.1. The number of rotatable bonds is 11. The van der Waals surface area contributed by atoms with Crippen molar-refractivity contribution in [2.24, 2.45) is 0 Å². The molecule has 4 nitrogen and oxygen atoms in total. The third-order valence-electron chi connectivity index (χ3n) is 2.97. The summed E-state index contributed by atoms with van der Waals surface area (Å²) in [6, 6.07) is 0. The summed E-state index contributed by atoms with van der Waals surface area (Å²) in [7, 11) is 0. The molecule has 21 heavy (non-hydrogen) atoms. The average Bonchev–Trinajstić information content (AvgIpc) is 2.41. The molecule has 0 aromatic carbocycles. The highest BCUT2D eigenvalue weighted by Crippen LogP contribution is 2.14. The highest BCUT2D eigenvalue weighted by atomic mass is 32.1. The van der Waals surface area contributed by atoms with Crippen molar-refractivity contribution in [3.63, 3.8) is 0 Å². The lowest BCUT2D eigenvalue weighted by atomic mass is 10.1. The minimum Gasteiger partial charge on any atom is -0.424 e. The molecule has 0 rings (SSSR count). The number of esters is 2. The highest BCUT2D eigenvalue weighted by molar-refractivity contribution is 7.82. The van der Waals surface area contributed by atoms with Gasteiger partial charge in [0.1, 0.15) is 0 Å². The van der Waals surface area contributed by atoms with Gasteiger partial charge in [-0.05, 0) is 20.3 Å². The van der Waals surface area contributed by atoms with Crippen molar-refractivity contribution >= 4 is 37.2 Å². The van der Waals surface area contributed by atoms with Crippen LogP contribution in [-0.2, 0) is 19.1 Å². The molecular formula is C15H28O4S2. The van der Waals surface area contributed by atoms with Crippen LogP contribution in [0, 0.1) is 0 Å². The van der Waals surface area contributed by atoms with E-state index in [1.165, 1.54) is 19.3 Å². The Morgan fingerprint density at radius 3 is 1.71 bits per heavy atom. The predicted octanol–water partition coefficient (Wildman–Crippen LogP) is 3.79. The van der Waals surface area contributed by atoms with Gasteiger partial charge in [0.05, 0.1) is 10.5 Å². The van der Waals surface area contributed by atoms with Crippen molar-refractivity contribution in [1.82, 2.24) is 0 Å². The van der Waals surface area contributed by atoms with Gasteiger partial charge in [-0.15, -0.1) is 0 Å². The summed E-state index contributed by atoms with van der Waals surface area (Å²) in [6.07, 6.45) is 6.38. The van der Waals surface area contributed by atoms with Gasteiger partial charge in [-0.25, -0.2) is 0 Å². The van der Waals surface area contributed by atoms with Crippen molar-refractivity contribution in [2.45, 2.75) is 82.5 Å². The van der Waals surface area contributed by atoms with Gasteiger partial charge in [-0.2, -0.15) is 25.3 Å². The van der Waals surface area contributed by atoms with Crippen molar-refractivity contribution in [1.29, 1.82) is 0 Å². The number of hydrogen-bond acceptors (Lipinski definition) is 6. The Hall–Kier alpha value is -0.360. The Bertz CT molecular complexity index is 284. The number of carbonyl (C=O) groups excluding carboxylic acids is 2. The van der Waals surface area contributed by atoms with E-state index in [1.54, 1.807) is 13.8 Å². The van der Waals surface area contributed by atoms with Gasteiger partial charge >= 0.3 is 11.9 Å². The molecule has 0 heterocycles. The first-order valence-corrected chi connectivity index (χ1v) is 8.68. The van der Waals surface area contributed by atoms with Gasteiger partial charge in [0.25, 0.3) is 0 Å². The fourth-order valence-corrected chi connectivity index (χ4v) is 1.81. The SMILES string of the molecule is CCCCCCCCC(OC(=O)C(C)S)OC(=O)C(C)S. The van der Waals surface area contributed by atoms with Crippen LogP contribution < -0.4 is 0 Å².